The average Bonchev–Trinajstić information content (AvgIpc) is 2.82. The molecule has 0 saturated heterocycles. The first-order valence-electron chi connectivity index (χ1n) is 11.0. The van der Waals surface area contributed by atoms with Gasteiger partial charge in [0.15, 0.2) is 0 Å². The molecule has 0 fully saturated rings. The molecule has 2 amide bonds. The Bertz CT molecular complexity index is 1390. The van der Waals surface area contributed by atoms with Gasteiger partial charge < -0.3 is 10.6 Å². The van der Waals surface area contributed by atoms with Gasteiger partial charge in [0, 0.05) is 17.8 Å². The van der Waals surface area contributed by atoms with Crippen LogP contribution in [0.15, 0.2) is 78.9 Å². The summed E-state index contributed by atoms with van der Waals surface area (Å²) in [6.07, 6.45) is 1.50. The van der Waals surface area contributed by atoms with Crippen LogP contribution in [0.25, 0.3) is 21.9 Å². The molecule has 0 radical (unpaired) electrons. The molecule has 1 aliphatic carbocycles. The Morgan fingerprint density at radius 1 is 0.909 bits per heavy atom. The molecule has 5 rings (SSSR count). The van der Waals surface area contributed by atoms with Crippen LogP contribution >= 0.6 is 0 Å². The minimum atomic E-state index is -0.360. The van der Waals surface area contributed by atoms with Crippen LogP contribution in [-0.4, -0.2) is 11.0 Å². The minimum absolute atomic E-state index is 0.118. The van der Waals surface area contributed by atoms with Crippen molar-refractivity contribution < 1.29 is 9.72 Å². The number of non-ortho nitro benzene ring substituents is 1. The molecule has 2 N–H and O–H groups in total. The van der Waals surface area contributed by atoms with E-state index in [1.165, 1.54) is 0 Å². The fourth-order valence-corrected chi connectivity index (χ4v) is 4.64. The smallest absolute Gasteiger partial charge is 0.319 e. The monoisotopic (exact) mass is 437 g/mol. The lowest BCUT2D eigenvalue weighted by molar-refractivity contribution is -0.384. The number of anilines is 1. The second kappa shape index (κ2) is 8.39. The number of nitro groups is 1. The number of nitrogens with zero attached hydrogens (tertiary/aromatic N) is 1. The molecule has 4 aromatic rings. The SMILES string of the molecule is CC(NC(=O)Nc1ccc2c(c1)CCc1cc([N+](=O)[O-])ccc1-2)c1cccc2ccccc12. The number of benzene rings is 4. The van der Waals surface area contributed by atoms with Crippen molar-refractivity contribution in [1.82, 2.24) is 5.32 Å². The van der Waals surface area contributed by atoms with Crippen LogP contribution in [-0.2, 0) is 12.8 Å². The van der Waals surface area contributed by atoms with Crippen molar-refractivity contribution >= 4 is 28.2 Å². The van der Waals surface area contributed by atoms with Gasteiger partial charge in [-0.15, -0.1) is 0 Å². The third-order valence-corrected chi connectivity index (χ3v) is 6.25. The first-order valence-corrected chi connectivity index (χ1v) is 11.0. The molecule has 6 heteroatoms. The Balaban J connectivity index is 1.32. The lowest BCUT2D eigenvalue weighted by Crippen LogP contribution is -2.31. The number of fused-ring (bicyclic) bond motifs is 4. The topological polar surface area (TPSA) is 84.3 Å². The summed E-state index contributed by atoms with van der Waals surface area (Å²) in [6, 6.07) is 24.7. The Morgan fingerprint density at radius 3 is 2.39 bits per heavy atom. The Kier molecular flexibility index (Phi) is 5.26. The largest absolute Gasteiger partial charge is 0.331 e. The predicted molar refractivity (Wildman–Crippen MR) is 130 cm³/mol. The molecular weight excluding hydrogens is 414 g/mol. The number of carbonyl (C=O) groups excluding carboxylic acids is 1. The van der Waals surface area contributed by atoms with E-state index >= 15 is 0 Å². The lowest BCUT2D eigenvalue weighted by Gasteiger charge is -2.21. The fraction of sp³-hybridized carbons (Fsp3) is 0.148. The molecule has 0 aliphatic heterocycles. The van der Waals surface area contributed by atoms with Crippen molar-refractivity contribution in [1.29, 1.82) is 0 Å². The minimum Gasteiger partial charge on any atom is -0.331 e. The predicted octanol–water partition coefficient (Wildman–Crippen LogP) is 6.40. The van der Waals surface area contributed by atoms with E-state index in [9.17, 15) is 14.9 Å². The van der Waals surface area contributed by atoms with Gasteiger partial charge in [0.2, 0.25) is 0 Å². The number of hydrogen-bond acceptors (Lipinski definition) is 3. The maximum absolute atomic E-state index is 12.7. The molecule has 33 heavy (non-hydrogen) atoms. The van der Waals surface area contributed by atoms with Gasteiger partial charge >= 0.3 is 6.03 Å². The molecule has 0 saturated carbocycles. The lowest BCUT2D eigenvalue weighted by atomic mass is 9.85. The van der Waals surface area contributed by atoms with Crippen molar-refractivity contribution in [2.45, 2.75) is 25.8 Å². The van der Waals surface area contributed by atoms with Gasteiger partial charge in [0.1, 0.15) is 0 Å². The van der Waals surface area contributed by atoms with Gasteiger partial charge in [0.05, 0.1) is 11.0 Å². The highest BCUT2D eigenvalue weighted by molar-refractivity contribution is 5.91. The number of aryl methyl sites for hydroxylation is 2. The number of urea groups is 1. The maximum Gasteiger partial charge on any atom is 0.319 e. The third kappa shape index (κ3) is 4.03. The summed E-state index contributed by atoms with van der Waals surface area (Å²) in [7, 11) is 0. The van der Waals surface area contributed by atoms with E-state index < -0.39 is 0 Å². The normalized spacial score (nSPS) is 13.0. The van der Waals surface area contributed by atoms with Crippen molar-refractivity contribution in [3.8, 4) is 11.1 Å². The molecule has 1 unspecified atom stereocenters. The molecule has 4 aromatic carbocycles. The number of rotatable bonds is 4. The molecule has 1 aliphatic rings. The number of carbonyl (C=O) groups is 1. The Hall–Kier alpha value is -4.19. The maximum atomic E-state index is 12.7. The van der Waals surface area contributed by atoms with Crippen LogP contribution in [0.5, 0.6) is 0 Å². The second-order valence-corrected chi connectivity index (χ2v) is 8.36. The van der Waals surface area contributed by atoms with Gasteiger partial charge in [-0.1, -0.05) is 48.5 Å². The summed E-state index contributed by atoms with van der Waals surface area (Å²) < 4.78 is 0. The highest BCUT2D eigenvalue weighted by Crippen LogP contribution is 2.36. The molecule has 6 nitrogen and oxygen atoms in total. The van der Waals surface area contributed by atoms with Gasteiger partial charge in [-0.25, -0.2) is 4.79 Å². The van der Waals surface area contributed by atoms with E-state index in [1.54, 1.807) is 12.1 Å². The van der Waals surface area contributed by atoms with Crippen LogP contribution in [0.1, 0.15) is 29.7 Å². The van der Waals surface area contributed by atoms with Gasteiger partial charge in [-0.3, -0.25) is 10.1 Å². The third-order valence-electron chi connectivity index (χ3n) is 6.25. The zero-order chi connectivity index (χ0) is 22.9. The van der Waals surface area contributed by atoms with E-state index in [-0.39, 0.29) is 22.7 Å². The van der Waals surface area contributed by atoms with E-state index in [0.717, 1.165) is 57.1 Å². The first-order chi connectivity index (χ1) is 16.0. The van der Waals surface area contributed by atoms with E-state index in [2.05, 4.69) is 28.8 Å². The summed E-state index contributed by atoms with van der Waals surface area (Å²) in [5, 5.41) is 19.3. The summed E-state index contributed by atoms with van der Waals surface area (Å²) >= 11 is 0. The number of nitro benzene ring substituents is 1. The van der Waals surface area contributed by atoms with Crippen molar-refractivity contribution in [3.05, 3.63) is 106 Å². The quantitative estimate of drug-likeness (QED) is 0.286. The van der Waals surface area contributed by atoms with Crippen molar-refractivity contribution in [3.63, 3.8) is 0 Å². The first kappa shape index (κ1) is 20.7. The van der Waals surface area contributed by atoms with Crippen LogP contribution in [0.3, 0.4) is 0 Å². The van der Waals surface area contributed by atoms with Crippen LogP contribution < -0.4 is 10.6 Å². The number of hydrogen-bond donors (Lipinski definition) is 2. The number of amides is 2. The Morgan fingerprint density at radius 2 is 1.61 bits per heavy atom. The average molecular weight is 437 g/mol. The summed E-state index contributed by atoms with van der Waals surface area (Å²) in [6.45, 7) is 1.98. The Labute approximate surface area is 191 Å². The van der Waals surface area contributed by atoms with Crippen LogP contribution in [0, 0.1) is 10.1 Å². The summed E-state index contributed by atoms with van der Waals surface area (Å²) in [5.74, 6) is 0. The number of nitrogens with one attached hydrogen (secondary N) is 2. The van der Waals surface area contributed by atoms with Crippen molar-refractivity contribution in [2.75, 3.05) is 5.32 Å². The fourth-order valence-electron chi connectivity index (χ4n) is 4.64. The highest BCUT2D eigenvalue weighted by Gasteiger charge is 2.20. The molecule has 0 heterocycles. The highest BCUT2D eigenvalue weighted by atomic mass is 16.6. The molecular formula is C27H23N3O3. The molecule has 1 atom stereocenters. The van der Waals surface area contributed by atoms with Crippen LogP contribution in [0.2, 0.25) is 0 Å². The molecule has 0 bridgehead atoms. The van der Waals surface area contributed by atoms with E-state index in [4.69, 9.17) is 0 Å². The summed E-state index contributed by atoms with van der Waals surface area (Å²) in [4.78, 5) is 23.4. The zero-order valence-electron chi connectivity index (χ0n) is 18.2. The van der Waals surface area contributed by atoms with Gasteiger partial charge in [-0.05, 0) is 76.6 Å². The second-order valence-electron chi connectivity index (χ2n) is 8.36. The van der Waals surface area contributed by atoms with Gasteiger partial charge in [-0.2, -0.15) is 0 Å². The molecule has 164 valence electrons. The van der Waals surface area contributed by atoms with Crippen LogP contribution in [0.4, 0.5) is 16.2 Å². The van der Waals surface area contributed by atoms with Crippen molar-refractivity contribution in [2.24, 2.45) is 0 Å². The van der Waals surface area contributed by atoms with E-state index in [1.807, 2.05) is 55.5 Å². The summed E-state index contributed by atoms with van der Waals surface area (Å²) in [5.41, 5.74) is 6.09. The molecule has 0 aromatic heterocycles. The zero-order valence-corrected chi connectivity index (χ0v) is 18.2. The van der Waals surface area contributed by atoms with Gasteiger partial charge in [0.25, 0.3) is 5.69 Å². The van der Waals surface area contributed by atoms with E-state index in [0.29, 0.717) is 0 Å². The molecule has 0 spiro atoms. The standard InChI is InChI=1S/C27H23N3O3/c1-17(23-8-4-6-18-5-2-3-7-24(18)23)28-27(31)29-21-11-13-25-19(15-21)9-10-20-16-22(30(32)33)12-14-26(20)25/h2-8,11-17H,9-10H2,1H3,(H2,28,29,31).